The van der Waals surface area contributed by atoms with Gasteiger partial charge in [0.05, 0.1) is 17.6 Å². The first-order chi connectivity index (χ1) is 10.4. The van der Waals surface area contributed by atoms with Crippen LogP contribution in [0.1, 0.15) is 0 Å². The minimum Gasteiger partial charge on any atom is -0.245 e. The molecule has 0 aliphatic heterocycles. The van der Waals surface area contributed by atoms with Crippen molar-refractivity contribution in [1.29, 1.82) is 0 Å². The van der Waals surface area contributed by atoms with Gasteiger partial charge in [-0.3, -0.25) is 0 Å². The summed E-state index contributed by atoms with van der Waals surface area (Å²) < 4.78 is 1.86. The van der Waals surface area contributed by atoms with Gasteiger partial charge in [0.1, 0.15) is 6.33 Å². The molecule has 2 heterocycles. The lowest BCUT2D eigenvalue weighted by molar-refractivity contribution is 0.882. The van der Waals surface area contributed by atoms with E-state index >= 15 is 0 Å². The number of nitrogens with zero attached hydrogens (tertiary/aromatic N) is 4. The van der Waals surface area contributed by atoms with Crippen molar-refractivity contribution in [1.82, 2.24) is 19.7 Å². The largest absolute Gasteiger partial charge is 0.245 e. The molecule has 0 fully saturated rings. The zero-order valence-electron chi connectivity index (χ0n) is 11.2. The molecule has 2 aromatic carbocycles. The van der Waals surface area contributed by atoms with Crippen LogP contribution in [0.4, 0.5) is 0 Å². The Labute approximate surface area is 121 Å². The third kappa shape index (κ3) is 2.17. The molecule has 0 saturated heterocycles. The van der Waals surface area contributed by atoms with Crippen LogP contribution < -0.4 is 0 Å². The van der Waals surface area contributed by atoms with Crippen molar-refractivity contribution >= 4 is 10.8 Å². The van der Waals surface area contributed by atoms with Crippen molar-refractivity contribution in [3.8, 4) is 16.9 Å². The van der Waals surface area contributed by atoms with Gasteiger partial charge in [-0.15, -0.1) is 0 Å². The average Bonchev–Trinajstić information content (AvgIpc) is 3.05. The first-order valence-electron chi connectivity index (χ1n) is 6.70. The molecule has 0 N–H and O–H groups in total. The topological polar surface area (TPSA) is 43.6 Å². The smallest absolute Gasteiger partial charge is 0.116 e. The molecule has 4 aromatic rings. The number of aromatic nitrogens is 4. The van der Waals surface area contributed by atoms with Crippen molar-refractivity contribution in [2.24, 2.45) is 0 Å². The Balaban J connectivity index is 1.77. The first-order valence-corrected chi connectivity index (χ1v) is 6.70. The van der Waals surface area contributed by atoms with Gasteiger partial charge in [-0.25, -0.2) is 14.6 Å². The Morgan fingerprint density at radius 2 is 1.81 bits per heavy atom. The second-order valence-electron chi connectivity index (χ2n) is 4.80. The molecule has 0 spiro atoms. The van der Waals surface area contributed by atoms with Crippen LogP contribution in [0, 0.1) is 0 Å². The SMILES string of the molecule is c1ccc2cc(-n3cc(-c4ccncn4)cn3)ccc2c1. The maximum absolute atomic E-state index is 4.43. The monoisotopic (exact) mass is 272 g/mol. The van der Waals surface area contributed by atoms with E-state index in [-0.39, 0.29) is 0 Å². The molecule has 0 aliphatic rings. The molecule has 0 bridgehead atoms. The molecule has 0 unspecified atom stereocenters. The predicted molar refractivity (Wildman–Crippen MR) is 82.1 cm³/mol. The van der Waals surface area contributed by atoms with Crippen molar-refractivity contribution in [3.05, 3.63) is 73.4 Å². The van der Waals surface area contributed by atoms with Gasteiger partial charge in [-0.2, -0.15) is 5.10 Å². The van der Waals surface area contributed by atoms with E-state index in [1.165, 1.54) is 10.8 Å². The molecule has 2 aromatic heterocycles. The number of fused-ring (bicyclic) bond motifs is 1. The maximum atomic E-state index is 4.43. The van der Waals surface area contributed by atoms with E-state index in [9.17, 15) is 0 Å². The molecule has 0 radical (unpaired) electrons. The predicted octanol–water partition coefficient (Wildman–Crippen LogP) is 3.48. The Kier molecular flexibility index (Phi) is 2.71. The van der Waals surface area contributed by atoms with Crippen LogP contribution >= 0.6 is 0 Å². The summed E-state index contributed by atoms with van der Waals surface area (Å²) >= 11 is 0. The molecular formula is C17H12N4. The minimum absolute atomic E-state index is 0.872. The molecule has 0 aliphatic carbocycles. The highest BCUT2D eigenvalue weighted by Gasteiger charge is 2.04. The van der Waals surface area contributed by atoms with Crippen LogP contribution in [0.25, 0.3) is 27.7 Å². The summed E-state index contributed by atoms with van der Waals surface area (Å²) in [5.41, 5.74) is 2.89. The number of hydrogen-bond acceptors (Lipinski definition) is 3. The van der Waals surface area contributed by atoms with E-state index in [1.807, 2.05) is 35.3 Å². The van der Waals surface area contributed by atoms with E-state index in [1.54, 1.807) is 12.5 Å². The van der Waals surface area contributed by atoms with Crippen LogP contribution in [0.15, 0.2) is 73.4 Å². The summed E-state index contributed by atoms with van der Waals surface area (Å²) in [6.07, 6.45) is 7.07. The van der Waals surface area contributed by atoms with E-state index < -0.39 is 0 Å². The van der Waals surface area contributed by atoms with Gasteiger partial charge in [0.25, 0.3) is 0 Å². The van der Waals surface area contributed by atoms with Gasteiger partial charge < -0.3 is 0 Å². The van der Waals surface area contributed by atoms with Gasteiger partial charge in [0.2, 0.25) is 0 Å². The third-order valence-electron chi connectivity index (χ3n) is 3.46. The van der Waals surface area contributed by atoms with Crippen molar-refractivity contribution in [2.75, 3.05) is 0 Å². The lowest BCUT2D eigenvalue weighted by atomic mass is 10.1. The second-order valence-corrected chi connectivity index (χ2v) is 4.80. The molecule has 4 heteroatoms. The first kappa shape index (κ1) is 11.8. The fourth-order valence-corrected chi connectivity index (χ4v) is 2.38. The highest BCUT2D eigenvalue weighted by molar-refractivity contribution is 5.84. The summed E-state index contributed by atoms with van der Waals surface area (Å²) in [7, 11) is 0. The molecule has 4 nitrogen and oxygen atoms in total. The Hall–Kier alpha value is -3.01. The van der Waals surface area contributed by atoms with E-state index in [0.29, 0.717) is 0 Å². The third-order valence-corrected chi connectivity index (χ3v) is 3.46. The lowest BCUT2D eigenvalue weighted by Gasteiger charge is -2.03. The van der Waals surface area contributed by atoms with Crippen LogP contribution in [-0.4, -0.2) is 19.7 Å². The molecule has 21 heavy (non-hydrogen) atoms. The lowest BCUT2D eigenvalue weighted by Crippen LogP contribution is -1.93. The zero-order chi connectivity index (χ0) is 14.1. The summed E-state index contributed by atoms with van der Waals surface area (Å²) in [6.45, 7) is 0. The van der Waals surface area contributed by atoms with Gasteiger partial charge in [0.15, 0.2) is 0 Å². The van der Waals surface area contributed by atoms with Gasteiger partial charge >= 0.3 is 0 Å². The van der Waals surface area contributed by atoms with Crippen LogP contribution in [0.5, 0.6) is 0 Å². The summed E-state index contributed by atoms with van der Waals surface area (Å²) in [6, 6.07) is 16.5. The van der Waals surface area contributed by atoms with E-state index in [4.69, 9.17) is 0 Å². The summed E-state index contributed by atoms with van der Waals surface area (Å²) in [4.78, 5) is 8.17. The van der Waals surface area contributed by atoms with Crippen LogP contribution in [0.2, 0.25) is 0 Å². The number of rotatable bonds is 2. The Bertz CT molecular complexity index is 897. The highest BCUT2D eigenvalue weighted by Crippen LogP contribution is 2.20. The maximum Gasteiger partial charge on any atom is 0.116 e. The number of hydrogen-bond donors (Lipinski definition) is 0. The van der Waals surface area contributed by atoms with E-state index in [0.717, 1.165) is 16.9 Å². The van der Waals surface area contributed by atoms with Gasteiger partial charge in [-0.1, -0.05) is 30.3 Å². The molecule has 0 atom stereocenters. The van der Waals surface area contributed by atoms with Gasteiger partial charge in [-0.05, 0) is 29.0 Å². The Morgan fingerprint density at radius 1 is 0.905 bits per heavy atom. The number of benzene rings is 2. The van der Waals surface area contributed by atoms with Crippen molar-refractivity contribution in [3.63, 3.8) is 0 Å². The van der Waals surface area contributed by atoms with Crippen molar-refractivity contribution in [2.45, 2.75) is 0 Å². The van der Waals surface area contributed by atoms with Crippen LogP contribution in [-0.2, 0) is 0 Å². The second kappa shape index (κ2) is 4.83. The Morgan fingerprint density at radius 3 is 2.67 bits per heavy atom. The molecule has 0 saturated carbocycles. The summed E-state index contributed by atoms with van der Waals surface area (Å²) in [5, 5.41) is 6.86. The fourth-order valence-electron chi connectivity index (χ4n) is 2.38. The molecule has 4 rings (SSSR count). The molecule has 0 amide bonds. The fraction of sp³-hybridized carbons (Fsp3) is 0. The van der Waals surface area contributed by atoms with Crippen molar-refractivity contribution < 1.29 is 0 Å². The zero-order valence-corrected chi connectivity index (χ0v) is 11.2. The molecule has 100 valence electrons. The average molecular weight is 272 g/mol. The quantitative estimate of drug-likeness (QED) is 0.561. The standard InChI is InChI=1S/C17H12N4/c1-2-4-14-9-16(6-5-13(14)3-1)21-11-15(10-20-21)17-7-8-18-12-19-17/h1-12H. The highest BCUT2D eigenvalue weighted by atomic mass is 15.3. The van der Waals surface area contributed by atoms with Gasteiger partial charge in [0, 0.05) is 18.0 Å². The normalized spacial score (nSPS) is 10.9. The summed E-state index contributed by atoms with van der Waals surface area (Å²) in [5.74, 6) is 0. The minimum atomic E-state index is 0.872. The van der Waals surface area contributed by atoms with Crippen LogP contribution in [0.3, 0.4) is 0 Å². The molecular weight excluding hydrogens is 260 g/mol. The van der Waals surface area contributed by atoms with E-state index in [2.05, 4.69) is 45.4 Å².